The van der Waals surface area contributed by atoms with Crippen LogP contribution in [-0.2, 0) is 0 Å². The van der Waals surface area contributed by atoms with Gasteiger partial charge in [0.25, 0.3) is 0 Å². The van der Waals surface area contributed by atoms with Gasteiger partial charge in [0, 0.05) is 19.8 Å². The summed E-state index contributed by atoms with van der Waals surface area (Å²) >= 11 is 0. The van der Waals surface area contributed by atoms with Crippen LogP contribution in [0.25, 0.3) is 10.4 Å². The van der Waals surface area contributed by atoms with Crippen LogP contribution in [0.1, 0.15) is 33.4 Å². The van der Waals surface area contributed by atoms with E-state index in [0.717, 1.165) is 5.56 Å². The fourth-order valence-electron chi connectivity index (χ4n) is 0.885. The van der Waals surface area contributed by atoms with E-state index in [4.69, 9.17) is 20.4 Å². The van der Waals surface area contributed by atoms with Crippen molar-refractivity contribution in [2.45, 2.75) is 13.0 Å². The van der Waals surface area contributed by atoms with E-state index in [1.807, 2.05) is 0 Å². The van der Waals surface area contributed by atoms with Gasteiger partial charge >= 0.3 is 0 Å². The van der Waals surface area contributed by atoms with Crippen molar-refractivity contribution in [3.05, 3.63) is 46.1 Å². The predicted molar refractivity (Wildman–Crippen MR) is 54.5 cm³/mol. The molecule has 0 bridgehead atoms. The minimum absolute atomic E-state index is 0.240. The van der Waals surface area contributed by atoms with E-state index in [2.05, 4.69) is 10.0 Å². The lowest BCUT2D eigenvalue weighted by Crippen LogP contribution is -1.87. The lowest BCUT2D eigenvalue weighted by atomic mass is 10.1. The summed E-state index contributed by atoms with van der Waals surface area (Å²) in [6, 6.07) is 5.66. The maximum Gasteiger partial charge on any atom is 0.123 e. The highest BCUT2D eigenvalue weighted by atomic mass is 19.1. The minimum atomic E-state index is -0.285. The van der Waals surface area contributed by atoms with Crippen LogP contribution in [0.15, 0.2) is 29.4 Å². The number of halogens is 1. The highest BCUT2D eigenvalue weighted by Gasteiger charge is 2.01. The van der Waals surface area contributed by atoms with Crippen LogP contribution in [0.2, 0.25) is 0 Å². The molecule has 0 aliphatic rings. The van der Waals surface area contributed by atoms with E-state index in [1.165, 1.54) is 12.1 Å². The summed E-state index contributed by atoms with van der Waals surface area (Å²) in [5, 5.41) is 3.48. The third-order valence-corrected chi connectivity index (χ3v) is 1.58. The molecule has 0 aliphatic carbocycles. The van der Waals surface area contributed by atoms with E-state index in [1.54, 1.807) is 19.1 Å². The molecule has 0 saturated heterocycles. The van der Waals surface area contributed by atoms with E-state index < -0.39 is 0 Å². The van der Waals surface area contributed by atoms with Crippen LogP contribution in [0.4, 0.5) is 4.39 Å². The van der Waals surface area contributed by atoms with Gasteiger partial charge in [-0.15, -0.1) is 0 Å². The summed E-state index contributed by atoms with van der Waals surface area (Å²) < 4.78 is 62.4. The summed E-state index contributed by atoms with van der Waals surface area (Å²) in [4.78, 5) is 2.67. The van der Waals surface area contributed by atoms with Crippen LogP contribution in [-0.4, -0.2) is 0 Å². The maximum atomic E-state index is 12.4. The molecule has 3 nitrogen and oxygen atoms in total. The Bertz CT molecular complexity index is 322. The van der Waals surface area contributed by atoms with Crippen LogP contribution in [0, 0.1) is 5.82 Å². The predicted octanol–water partition coefficient (Wildman–Crippen LogP) is 4.43. The molecule has 1 aromatic rings. The molecular weight excluding hydrogens is 157 g/mol. The van der Waals surface area contributed by atoms with Crippen molar-refractivity contribution in [1.82, 2.24) is 0 Å². The van der Waals surface area contributed by atoms with Gasteiger partial charge in [0.05, 0.1) is 6.04 Å². The third-order valence-electron chi connectivity index (χ3n) is 1.58. The van der Waals surface area contributed by atoms with Gasteiger partial charge in [-0.1, -0.05) is 24.2 Å². The van der Waals surface area contributed by atoms with Crippen LogP contribution in [0.3, 0.4) is 0 Å². The number of hydrogen-bond acceptors (Lipinski definition) is 1. The Morgan fingerprint density at radius 2 is 2.17 bits per heavy atom. The normalized spacial score (nSPS) is 15.2. The molecule has 0 aromatic heterocycles. The van der Waals surface area contributed by atoms with E-state index in [0.29, 0.717) is 0 Å². The Morgan fingerprint density at radius 1 is 1.58 bits per heavy atom. The number of benzene rings is 1. The average molecular weight is 185 g/mol. The Morgan fingerprint density at radius 3 is 2.67 bits per heavy atom. The SMILES string of the molecule is C[C@@H](N=[N+]=[N-])c1ccc(F)cc1.[2H][2H].[2H][2H].[2H][2H].[2H][2H].[2H][2H]. The summed E-state index contributed by atoms with van der Waals surface area (Å²) in [7, 11) is 0. The Labute approximate surface area is 84.9 Å². The molecule has 0 fully saturated rings. The lowest BCUT2D eigenvalue weighted by Gasteiger charge is -2.02. The number of nitrogens with zero attached hydrogens (tertiary/aromatic N) is 3. The van der Waals surface area contributed by atoms with Crippen molar-refractivity contribution in [2.75, 3.05) is 0 Å². The van der Waals surface area contributed by atoms with Gasteiger partial charge in [0.2, 0.25) is 0 Å². The molecule has 1 atom stereocenters. The first-order chi connectivity index (χ1) is 10.7. The van der Waals surface area contributed by atoms with Crippen molar-refractivity contribution in [2.24, 2.45) is 5.11 Å². The first-order valence-electron chi connectivity index (χ1n) is 8.53. The molecule has 72 valence electrons. The topological polar surface area (TPSA) is 48.8 Å². The first-order valence-corrected chi connectivity index (χ1v) is 3.53. The molecule has 0 N–H and O–H groups in total. The maximum absolute atomic E-state index is 12.4. The average Bonchev–Trinajstić information content (AvgIpc) is 2.64. The Kier molecular flexibility index (Phi) is 1.22. The third kappa shape index (κ3) is 1.97. The largest absolute Gasteiger partial charge is 0.207 e. The second-order valence-electron chi connectivity index (χ2n) is 2.43. The van der Waals surface area contributed by atoms with Crippen LogP contribution < -0.4 is 0 Å². The van der Waals surface area contributed by atoms with Crippen molar-refractivity contribution in [3.63, 3.8) is 0 Å². The molecule has 1 rings (SSSR count). The van der Waals surface area contributed by atoms with Crippen LogP contribution >= 0.6 is 0 Å². The number of azide groups is 1. The standard InChI is InChI=1S/C8H8FN3.5H2/c1-6(11-12-10)7-2-4-8(9)5-3-7;;;;;/h2-6H,1H3;5*1H/t6-;;;;;/m1...../s1/i;5*1+1D. The molecule has 0 saturated carbocycles. The molecular formula is C8H18FN3. The molecule has 0 spiro atoms. The highest BCUT2D eigenvalue weighted by molar-refractivity contribution is 5.19. The number of rotatable bonds is 2. The van der Waals surface area contributed by atoms with Crippen LogP contribution in [0.5, 0.6) is 0 Å². The van der Waals surface area contributed by atoms with Crippen molar-refractivity contribution < 1.29 is 19.2 Å². The van der Waals surface area contributed by atoms with Crippen molar-refractivity contribution in [1.29, 1.82) is 0 Å². The lowest BCUT2D eigenvalue weighted by molar-refractivity contribution is 0.626. The summed E-state index contributed by atoms with van der Waals surface area (Å²) in [5.74, 6) is -0.285. The second kappa shape index (κ2) is 3.74. The van der Waals surface area contributed by atoms with Crippen molar-refractivity contribution in [3.8, 4) is 0 Å². The minimum Gasteiger partial charge on any atom is -0.207 e. The summed E-state index contributed by atoms with van der Waals surface area (Å²) in [6.07, 6.45) is 0. The van der Waals surface area contributed by atoms with Gasteiger partial charge in [-0.2, -0.15) is 0 Å². The Balaban J connectivity index is -0.0000000822. The van der Waals surface area contributed by atoms with Gasteiger partial charge in [-0.05, 0) is 23.2 Å². The first kappa shape index (κ1) is 3.92. The highest BCUT2D eigenvalue weighted by Crippen LogP contribution is 2.16. The fraction of sp³-hybridized carbons (Fsp3) is 0.250. The van der Waals surface area contributed by atoms with Gasteiger partial charge < -0.3 is 0 Å². The molecule has 4 heteroatoms. The number of hydrogen-bond donors (Lipinski definition) is 0. The fourth-order valence-corrected chi connectivity index (χ4v) is 0.885. The van der Waals surface area contributed by atoms with Crippen molar-refractivity contribution >= 4 is 0 Å². The zero-order valence-electron chi connectivity index (χ0n) is 16.6. The molecule has 0 aliphatic heterocycles. The van der Waals surface area contributed by atoms with Gasteiger partial charge in [-0.3, -0.25) is 0 Å². The summed E-state index contributed by atoms with van der Waals surface area (Å²) in [6.45, 7) is 1.76. The van der Waals surface area contributed by atoms with Gasteiger partial charge in [0.15, 0.2) is 0 Å². The monoisotopic (exact) mass is 185 g/mol. The van der Waals surface area contributed by atoms with E-state index >= 15 is 0 Å². The Hall–Kier alpha value is -1.54. The van der Waals surface area contributed by atoms with Gasteiger partial charge in [0.1, 0.15) is 5.82 Å². The zero-order valence-corrected chi connectivity index (χ0v) is 6.61. The molecule has 0 radical (unpaired) electrons. The summed E-state index contributed by atoms with van der Waals surface area (Å²) in [5.41, 5.74) is 8.95. The smallest absolute Gasteiger partial charge is 0.123 e. The molecule has 0 amide bonds. The second-order valence-corrected chi connectivity index (χ2v) is 2.43. The zero-order chi connectivity index (χ0) is 19.0. The van der Waals surface area contributed by atoms with Gasteiger partial charge in [-0.25, -0.2) is 4.39 Å². The quantitative estimate of drug-likeness (QED) is 0.372. The molecule has 0 unspecified atom stereocenters. The molecule has 1 aromatic carbocycles. The molecule has 12 heavy (non-hydrogen) atoms. The van der Waals surface area contributed by atoms with E-state index in [-0.39, 0.29) is 11.9 Å². The molecule has 0 heterocycles. The van der Waals surface area contributed by atoms with E-state index in [9.17, 15) is 4.39 Å².